The van der Waals surface area contributed by atoms with Gasteiger partial charge < -0.3 is 24.8 Å². The topological polar surface area (TPSA) is 126 Å². The maximum absolute atomic E-state index is 9.52. The van der Waals surface area contributed by atoms with Crippen LogP contribution in [0.1, 0.15) is 30.7 Å². The third kappa shape index (κ3) is 5.77. The van der Waals surface area contributed by atoms with Crippen molar-refractivity contribution >= 4 is 5.95 Å². The first-order valence-corrected chi connectivity index (χ1v) is 10.2. The van der Waals surface area contributed by atoms with Crippen LogP contribution < -0.4 is 10.1 Å². The second kappa shape index (κ2) is 9.84. The first kappa shape index (κ1) is 22.6. The Bertz CT molecular complexity index is 1010. The maximum Gasteiger partial charge on any atom is 0.277 e. The van der Waals surface area contributed by atoms with Gasteiger partial charge in [-0.2, -0.15) is 4.98 Å². The lowest BCUT2D eigenvalue weighted by Crippen LogP contribution is -2.21. The lowest BCUT2D eigenvalue weighted by atomic mass is 10.1. The van der Waals surface area contributed by atoms with E-state index in [0.29, 0.717) is 35.0 Å². The molecule has 3 rings (SSSR count). The Hall–Kier alpha value is -3.04. The molecule has 166 valence electrons. The first-order chi connectivity index (χ1) is 14.8. The molecule has 0 radical (unpaired) electrons. The largest absolute Gasteiger partial charge is 0.490 e. The Balaban J connectivity index is 1.84. The highest BCUT2D eigenvalue weighted by Gasteiger charge is 2.16. The van der Waals surface area contributed by atoms with Crippen LogP contribution in [-0.4, -0.2) is 56.2 Å². The van der Waals surface area contributed by atoms with Crippen molar-refractivity contribution < 1.29 is 19.5 Å². The molecule has 31 heavy (non-hydrogen) atoms. The third-order valence-corrected chi connectivity index (χ3v) is 4.52. The van der Waals surface area contributed by atoms with Crippen molar-refractivity contribution in [2.75, 3.05) is 25.1 Å². The lowest BCUT2D eigenvalue weighted by molar-refractivity contribution is 0.0532. The normalized spacial score (nSPS) is 12.3. The predicted molar refractivity (Wildman–Crippen MR) is 117 cm³/mol. The van der Waals surface area contributed by atoms with E-state index in [4.69, 9.17) is 14.4 Å². The molecular weight excluding hydrogens is 398 g/mol. The molecule has 3 N–H and O–H groups in total. The molecular formula is C22H29N5O4. The summed E-state index contributed by atoms with van der Waals surface area (Å²) in [6.07, 6.45) is -0.922. The Kier molecular flexibility index (Phi) is 7.19. The van der Waals surface area contributed by atoms with Gasteiger partial charge in [0.15, 0.2) is 0 Å². The van der Waals surface area contributed by atoms with Crippen molar-refractivity contribution in [2.24, 2.45) is 5.92 Å². The van der Waals surface area contributed by atoms with Gasteiger partial charge in [0.1, 0.15) is 24.2 Å². The Morgan fingerprint density at radius 2 is 1.77 bits per heavy atom. The van der Waals surface area contributed by atoms with E-state index in [9.17, 15) is 5.11 Å². The molecule has 0 bridgehead atoms. The monoisotopic (exact) mass is 427 g/mol. The summed E-state index contributed by atoms with van der Waals surface area (Å²) < 4.78 is 11.1. The van der Waals surface area contributed by atoms with E-state index in [-0.39, 0.29) is 13.2 Å². The number of anilines is 1. The molecule has 0 aliphatic rings. The predicted octanol–water partition coefficient (Wildman–Crippen LogP) is 2.92. The Morgan fingerprint density at radius 1 is 1.06 bits per heavy atom. The fraction of sp³-hybridized carbons (Fsp3) is 0.455. The van der Waals surface area contributed by atoms with Crippen LogP contribution in [0.15, 0.2) is 22.7 Å². The molecule has 0 amide bonds. The van der Waals surface area contributed by atoms with Crippen LogP contribution >= 0.6 is 0 Å². The zero-order valence-corrected chi connectivity index (χ0v) is 18.5. The first-order valence-electron chi connectivity index (χ1n) is 10.2. The number of nitrogens with one attached hydrogen (secondary N) is 1. The molecule has 1 aromatic carbocycles. The fourth-order valence-electron chi connectivity index (χ4n) is 3.04. The smallest absolute Gasteiger partial charge is 0.277 e. The van der Waals surface area contributed by atoms with Crippen molar-refractivity contribution in [1.82, 2.24) is 20.1 Å². The van der Waals surface area contributed by atoms with Crippen molar-refractivity contribution in [3.8, 4) is 28.7 Å². The van der Waals surface area contributed by atoms with Gasteiger partial charge in [0.05, 0.1) is 6.61 Å². The number of aliphatic hydroxyl groups excluding tert-OH is 2. The van der Waals surface area contributed by atoms with Crippen LogP contribution in [0.3, 0.4) is 0 Å². The van der Waals surface area contributed by atoms with Gasteiger partial charge in [0.2, 0.25) is 11.8 Å². The van der Waals surface area contributed by atoms with Gasteiger partial charge in [0.25, 0.3) is 5.89 Å². The number of ether oxygens (including phenoxy) is 1. The minimum absolute atomic E-state index is 0.0180. The second-order valence-electron chi connectivity index (χ2n) is 8.00. The van der Waals surface area contributed by atoms with E-state index < -0.39 is 6.10 Å². The number of rotatable bonds is 9. The van der Waals surface area contributed by atoms with Crippen molar-refractivity contribution in [3.05, 3.63) is 35.0 Å². The summed E-state index contributed by atoms with van der Waals surface area (Å²) >= 11 is 0. The van der Waals surface area contributed by atoms with Gasteiger partial charge in [0, 0.05) is 17.8 Å². The molecule has 1 unspecified atom stereocenters. The highest BCUT2D eigenvalue weighted by molar-refractivity contribution is 5.63. The summed E-state index contributed by atoms with van der Waals surface area (Å²) in [5.74, 6) is 2.41. The van der Waals surface area contributed by atoms with Crippen LogP contribution in [0.4, 0.5) is 5.95 Å². The van der Waals surface area contributed by atoms with Gasteiger partial charge in [-0.15, -0.1) is 0 Å². The molecule has 0 fully saturated rings. The molecule has 0 saturated heterocycles. The zero-order chi connectivity index (χ0) is 22.5. The number of hydrogen-bond donors (Lipinski definition) is 3. The number of benzene rings is 1. The quantitative estimate of drug-likeness (QED) is 0.472. The molecule has 0 spiro atoms. The van der Waals surface area contributed by atoms with Gasteiger partial charge in [-0.05, 0) is 56.0 Å². The van der Waals surface area contributed by atoms with Crippen LogP contribution in [0.5, 0.6) is 5.75 Å². The van der Waals surface area contributed by atoms with Crippen molar-refractivity contribution in [2.45, 2.75) is 40.7 Å². The summed E-state index contributed by atoms with van der Waals surface area (Å²) in [4.78, 5) is 13.4. The SMILES string of the molecule is Cc1cc(-c2nc(-c3cc(C)c(OCC(O)CO)c(C)c3)no2)nc(NCC(C)C)n1. The summed E-state index contributed by atoms with van der Waals surface area (Å²) in [6.45, 7) is 10.4. The highest BCUT2D eigenvalue weighted by Crippen LogP contribution is 2.30. The van der Waals surface area contributed by atoms with Gasteiger partial charge in [-0.1, -0.05) is 19.0 Å². The summed E-state index contributed by atoms with van der Waals surface area (Å²) in [7, 11) is 0. The maximum atomic E-state index is 9.52. The molecule has 2 aromatic heterocycles. The van der Waals surface area contributed by atoms with Crippen LogP contribution in [0.25, 0.3) is 23.0 Å². The van der Waals surface area contributed by atoms with Crippen LogP contribution in [0.2, 0.25) is 0 Å². The summed E-state index contributed by atoms with van der Waals surface area (Å²) in [5, 5.41) is 25.8. The van der Waals surface area contributed by atoms with Crippen LogP contribution in [0, 0.1) is 26.7 Å². The zero-order valence-electron chi connectivity index (χ0n) is 18.5. The van der Waals surface area contributed by atoms with E-state index in [2.05, 4.69) is 39.3 Å². The van der Waals surface area contributed by atoms with E-state index in [1.54, 1.807) is 6.07 Å². The van der Waals surface area contributed by atoms with Crippen molar-refractivity contribution in [3.63, 3.8) is 0 Å². The summed E-state index contributed by atoms with van der Waals surface area (Å²) in [6, 6.07) is 5.59. The van der Waals surface area contributed by atoms with E-state index >= 15 is 0 Å². The summed E-state index contributed by atoms with van der Waals surface area (Å²) in [5.41, 5.74) is 3.87. The van der Waals surface area contributed by atoms with Gasteiger partial charge in [-0.25, -0.2) is 9.97 Å². The van der Waals surface area contributed by atoms with Gasteiger partial charge in [-0.3, -0.25) is 0 Å². The molecule has 9 heteroatoms. The molecule has 0 saturated carbocycles. The molecule has 9 nitrogen and oxygen atoms in total. The molecule has 1 atom stereocenters. The van der Waals surface area contributed by atoms with E-state index in [1.165, 1.54) is 0 Å². The van der Waals surface area contributed by atoms with Gasteiger partial charge >= 0.3 is 0 Å². The molecule has 0 aliphatic carbocycles. The van der Waals surface area contributed by atoms with E-state index in [1.807, 2.05) is 32.9 Å². The average Bonchev–Trinajstić information content (AvgIpc) is 3.21. The minimum atomic E-state index is -0.922. The number of aromatic nitrogens is 4. The average molecular weight is 428 g/mol. The number of aliphatic hydroxyl groups is 2. The van der Waals surface area contributed by atoms with Crippen molar-refractivity contribution in [1.29, 1.82) is 0 Å². The number of aryl methyl sites for hydroxylation is 3. The number of hydrogen-bond acceptors (Lipinski definition) is 9. The standard InChI is InChI=1S/C22H29N5O4/c1-12(2)9-23-22-24-15(5)8-18(25-22)21-26-20(27-31-21)16-6-13(3)19(14(4)7-16)30-11-17(29)10-28/h6-8,12,17,28-29H,9-11H2,1-5H3,(H,23,24,25). The lowest BCUT2D eigenvalue weighted by Gasteiger charge is -2.15. The Labute approximate surface area is 181 Å². The minimum Gasteiger partial charge on any atom is -0.490 e. The molecule has 2 heterocycles. The van der Waals surface area contributed by atoms with E-state index in [0.717, 1.165) is 28.9 Å². The fourth-order valence-corrected chi connectivity index (χ4v) is 3.04. The van der Waals surface area contributed by atoms with Crippen LogP contribution in [-0.2, 0) is 0 Å². The molecule has 3 aromatic rings. The number of nitrogens with zero attached hydrogens (tertiary/aromatic N) is 4. The highest BCUT2D eigenvalue weighted by atomic mass is 16.5. The molecule has 0 aliphatic heterocycles. The Morgan fingerprint density at radius 3 is 2.42 bits per heavy atom. The second-order valence-corrected chi connectivity index (χ2v) is 8.00. The third-order valence-electron chi connectivity index (χ3n) is 4.52.